The zero-order valence-corrected chi connectivity index (χ0v) is 18.8. The van der Waals surface area contributed by atoms with Gasteiger partial charge in [0.2, 0.25) is 0 Å². The van der Waals surface area contributed by atoms with E-state index in [0.717, 1.165) is 23.4 Å². The quantitative estimate of drug-likeness (QED) is 0.310. The molecule has 160 valence electrons. The number of benzene rings is 3. The van der Waals surface area contributed by atoms with Crippen molar-refractivity contribution in [2.24, 2.45) is 0 Å². The molecule has 0 amide bonds. The molecule has 0 unspecified atom stereocenters. The van der Waals surface area contributed by atoms with Crippen LogP contribution in [-0.2, 0) is 11.3 Å². The molecule has 0 spiro atoms. The molecule has 0 fully saturated rings. The maximum absolute atomic E-state index is 13.3. The number of carbonyl (C=O) groups excluding carboxylic acids is 1. The van der Waals surface area contributed by atoms with E-state index in [1.165, 1.54) is 5.56 Å². The first-order valence-electron chi connectivity index (χ1n) is 9.93. The second kappa shape index (κ2) is 11.9. The van der Waals surface area contributed by atoms with Crippen LogP contribution < -0.4 is 4.74 Å². The van der Waals surface area contributed by atoms with Gasteiger partial charge in [-0.3, -0.25) is 9.69 Å². The van der Waals surface area contributed by atoms with Gasteiger partial charge < -0.3 is 4.74 Å². The van der Waals surface area contributed by atoms with E-state index in [9.17, 15) is 4.79 Å². The average Bonchev–Trinajstić information content (AvgIpc) is 2.78. The highest BCUT2D eigenvalue weighted by Crippen LogP contribution is 2.23. The van der Waals surface area contributed by atoms with E-state index in [-0.39, 0.29) is 18.2 Å². The Morgan fingerprint density at radius 3 is 2.10 bits per heavy atom. The summed E-state index contributed by atoms with van der Waals surface area (Å²) in [6.45, 7) is 5.36. The molecule has 0 saturated heterocycles. The Morgan fingerprint density at radius 1 is 0.935 bits per heavy atom. The van der Waals surface area contributed by atoms with E-state index >= 15 is 0 Å². The van der Waals surface area contributed by atoms with Gasteiger partial charge in [0.05, 0.1) is 7.11 Å². The maximum Gasteiger partial charge on any atom is 0.190 e. The first kappa shape index (κ1) is 24.1. The summed E-state index contributed by atoms with van der Waals surface area (Å²) in [6.07, 6.45) is 1.92. The lowest BCUT2D eigenvalue weighted by Gasteiger charge is -2.18. The third kappa shape index (κ3) is 6.95. The number of allylic oxidation sites excluding steroid dienone is 1. The van der Waals surface area contributed by atoms with Gasteiger partial charge in [0.25, 0.3) is 0 Å². The molecule has 0 heterocycles. The van der Waals surface area contributed by atoms with Gasteiger partial charge in [-0.1, -0.05) is 79.4 Å². The van der Waals surface area contributed by atoms with Crippen molar-refractivity contribution in [1.29, 1.82) is 0 Å². The minimum absolute atomic E-state index is 0. The number of rotatable bonds is 9. The molecule has 4 heteroatoms. The van der Waals surface area contributed by atoms with Crippen LogP contribution in [-0.4, -0.2) is 31.4 Å². The fourth-order valence-electron chi connectivity index (χ4n) is 3.30. The molecule has 3 aromatic carbocycles. The largest absolute Gasteiger partial charge is 0.497 e. The van der Waals surface area contributed by atoms with Gasteiger partial charge in [-0.25, -0.2) is 0 Å². The van der Waals surface area contributed by atoms with Crippen LogP contribution in [0.1, 0.15) is 16.7 Å². The Labute approximate surface area is 191 Å². The summed E-state index contributed by atoms with van der Waals surface area (Å²) in [5.41, 5.74) is 4.23. The van der Waals surface area contributed by atoms with Crippen LogP contribution in [0.4, 0.5) is 0 Å². The van der Waals surface area contributed by atoms with Crippen LogP contribution in [0.15, 0.2) is 97.1 Å². The van der Waals surface area contributed by atoms with Crippen molar-refractivity contribution in [1.82, 2.24) is 4.90 Å². The molecule has 0 saturated carbocycles. The summed E-state index contributed by atoms with van der Waals surface area (Å²) < 4.78 is 5.23. The Balaban J connectivity index is 0.00000341. The van der Waals surface area contributed by atoms with E-state index in [2.05, 4.69) is 23.6 Å². The summed E-state index contributed by atoms with van der Waals surface area (Å²) in [6, 6.07) is 27.6. The van der Waals surface area contributed by atoms with Crippen LogP contribution in [0.2, 0.25) is 0 Å². The highest BCUT2D eigenvalue weighted by Gasteiger charge is 2.17. The van der Waals surface area contributed by atoms with Crippen molar-refractivity contribution in [2.45, 2.75) is 6.54 Å². The van der Waals surface area contributed by atoms with Crippen LogP contribution in [0.25, 0.3) is 11.6 Å². The number of hydrogen-bond donors (Lipinski definition) is 0. The van der Waals surface area contributed by atoms with Crippen molar-refractivity contribution < 1.29 is 9.53 Å². The van der Waals surface area contributed by atoms with Gasteiger partial charge in [0.15, 0.2) is 5.78 Å². The highest BCUT2D eigenvalue weighted by molar-refractivity contribution is 6.32. The molecule has 3 aromatic rings. The SMILES string of the molecule is C=C(CN(C)Cc1ccccc1)C(=O)/C(=C\c1ccc(OC)cc1)c1ccccc1.Cl. The standard InChI is InChI=1S/C27H27NO2.ClH/c1-21(19-28(2)20-23-10-6-4-7-11-23)27(29)26(24-12-8-5-9-13-24)18-22-14-16-25(30-3)17-15-22;/h4-18H,1,19-20H2,2-3H3;1H/b26-18-;. The number of ketones is 1. The van der Waals surface area contributed by atoms with Crippen molar-refractivity contribution in [3.05, 3.63) is 114 Å². The smallest absolute Gasteiger partial charge is 0.190 e. The van der Waals surface area contributed by atoms with E-state index in [1.807, 2.05) is 85.9 Å². The van der Waals surface area contributed by atoms with Gasteiger partial charge in [0, 0.05) is 24.2 Å². The number of carbonyl (C=O) groups is 1. The van der Waals surface area contributed by atoms with Crippen LogP contribution in [0.5, 0.6) is 5.75 Å². The average molecular weight is 434 g/mol. The molecule has 0 aliphatic carbocycles. The lowest BCUT2D eigenvalue weighted by molar-refractivity contribution is -0.110. The summed E-state index contributed by atoms with van der Waals surface area (Å²) in [5.74, 6) is 0.739. The van der Waals surface area contributed by atoms with Crippen LogP contribution in [0.3, 0.4) is 0 Å². The lowest BCUT2D eigenvalue weighted by Crippen LogP contribution is -2.23. The third-order valence-electron chi connectivity index (χ3n) is 4.83. The predicted octanol–water partition coefficient (Wildman–Crippen LogP) is 5.91. The topological polar surface area (TPSA) is 29.5 Å². The van der Waals surface area contributed by atoms with E-state index < -0.39 is 0 Å². The van der Waals surface area contributed by atoms with E-state index in [0.29, 0.717) is 17.7 Å². The Morgan fingerprint density at radius 2 is 1.52 bits per heavy atom. The Hall–Kier alpha value is -3.14. The molecule has 0 aliphatic rings. The molecule has 31 heavy (non-hydrogen) atoms. The van der Waals surface area contributed by atoms with Crippen molar-refractivity contribution in [3.63, 3.8) is 0 Å². The molecule has 0 N–H and O–H groups in total. The highest BCUT2D eigenvalue weighted by atomic mass is 35.5. The van der Waals surface area contributed by atoms with Gasteiger partial charge in [0.1, 0.15) is 5.75 Å². The fraction of sp³-hybridized carbons (Fsp3) is 0.148. The van der Waals surface area contributed by atoms with E-state index in [1.54, 1.807) is 7.11 Å². The second-order valence-electron chi connectivity index (χ2n) is 7.29. The van der Waals surface area contributed by atoms with Crippen molar-refractivity contribution in [2.75, 3.05) is 20.7 Å². The number of Topliss-reactive ketones (excluding diaryl/α,β-unsaturated/α-hetero) is 1. The summed E-state index contributed by atoms with van der Waals surface area (Å²) in [5, 5.41) is 0. The van der Waals surface area contributed by atoms with Crippen LogP contribution >= 0.6 is 12.4 Å². The molecule has 3 nitrogen and oxygen atoms in total. The third-order valence-corrected chi connectivity index (χ3v) is 4.83. The summed E-state index contributed by atoms with van der Waals surface area (Å²) >= 11 is 0. The Bertz CT molecular complexity index is 1010. The van der Waals surface area contributed by atoms with Crippen molar-refractivity contribution >= 4 is 29.8 Å². The maximum atomic E-state index is 13.3. The minimum atomic E-state index is -0.0445. The fourth-order valence-corrected chi connectivity index (χ4v) is 3.30. The molecular formula is C27H28ClNO2. The number of likely N-dealkylation sites (N-methyl/N-ethyl adjacent to an activating group) is 1. The number of ether oxygens (including phenoxy) is 1. The minimum Gasteiger partial charge on any atom is -0.497 e. The van der Waals surface area contributed by atoms with Gasteiger partial charge in [-0.15, -0.1) is 12.4 Å². The monoisotopic (exact) mass is 433 g/mol. The first-order valence-corrected chi connectivity index (χ1v) is 9.93. The number of nitrogens with zero attached hydrogens (tertiary/aromatic N) is 1. The van der Waals surface area contributed by atoms with Crippen LogP contribution in [0, 0.1) is 0 Å². The first-order chi connectivity index (χ1) is 14.6. The molecule has 0 aromatic heterocycles. The predicted molar refractivity (Wildman–Crippen MR) is 131 cm³/mol. The number of hydrogen-bond acceptors (Lipinski definition) is 3. The zero-order valence-electron chi connectivity index (χ0n) is 18.0. The van der Waals surface area contributed by atoms with Gasteiger partial charge in [-0.2, -0.15) is 0 Å². The lowest BCUT2D eigenvalue weighted by atomic mass is 9.95. The van der Waals surface area contributed by atoms with Gasteiger partial charge >= 0.3 is 0 Å². The molecule has 3 rings (SSSR count). The molecule has 0 radical (unpaired) electrons. The van der Waals surface area contributed by atoms with Crippen molar-refractivity contribution in [3.8, 4) is 5.75 Å². The molecule has 0 atom stereocenters. The van der Waals surface area contributed by atoms with Gasteiger partial charge in [-0.05, 0) is 41.9 Å². The Kier molecular flexibility index (Phi) is 9.26. The molecule has 0 bridgehead atoms. The zero-order chi connectivity index (χ0) is 21.3. The second-order valence-corrected chi connectivity index (χ2v) is 7.29. The normalized spacial score (nSPS) is 11.0. The molecule has 0 aliphatic heterocycles. The number of halogens is 1. The summed E-state index contributed by atoms with van der Waals surface area (Å²) in [4.78, 5) is 15.4. The van der Waals surface area contributed by atoms with E-state index in [4.69, 9.17) is 4.74 Å². The molecular weight excluding hydrogens is 406 g/mol. The summed E-state index contributed by atoms with van der Waals surface area (Å²) in [7, 11) is 3.64. The number of methoxy groups -OCH3 is 1.